The Morgan fingerprint density at radius 2 is 1.89 bits per heavy atom. The Kier molecular flexibility index (Phi) is 5.63. The smallest absolute Gasteiger partial charge is 0.288 e. The zero-order valence-corrected chi connectivity index (χ0v) is 18.3. The van der Waals surface area contributed by atoms with E-state index in [1.54, 1.807) is 0 Å². The molecule has 2 heterocycles. The number of H-pyrrole nitrogens is 1. The molecule has 0 bridgehead atoms. The van der Waals surface area contributed by atoms with Crippen molar-refractivity contribution >= 4 is 16.9 Å². The third-order valence-corrected chi connectivity index (χ3v) is 5.48. The first-order valence-corrected chi connectivity index (χ1v) is 10.5. The number of rotatable bonds is 6. The summed E-state index contributed by atoms with van der Waals surface area (Å²) in [6, 6.07) is 7.54. The molecule has 0 radical (unpaired) electrons. The summed E-state index contributed by atoms with van der Waals surface area (Å²) in [5.41, 5.74) is 3.76. The molecule has 2 N–H and O–H groups in total. The molecule has 2 unspecified atom stereocenters. The van der Waals surface area contributed by atoms with Gasteiger partial charge in [0, 0.05) is 17.2 Å². The fourth-order valence-electron chi connectivity index (χ4n) is 2.88. The molecule has 0 aliphatic rings. The average Bonchev–Trinajstić information content (AvgIpc) is 3.16. The van der Waals surface area contributed by atoms with E-state index in [0.717, 1.165) is 22.5 Å². The van der Waals surface area contributed by atoms with Crippen LogP contribution in [0.5, 0.6) is 5.75 Å². The summed E-state index contributed by atoms with van der Waals surface area (Å²) in [6.07, 6.45) is 0. The predicted molar refractivity (Wildman–Crippen MR) is 111 cm³/mol. The van der Waals surface area contributed by atoms with Gasteiger partial charge in [-0.25, -0.2) is 4.52 Å². The lowest BCUT2D eigenvalue weighted by molar-refractivity contribution is 0.429. The fraction of sp³-hybridized carbons (Fsp3) is 0.500. The zero-order chi connectivity index (χ0) is 20.6. The molecule has 0 spiro atoms. The van der Waals surface area contributed by atoms with Gasteiger partial charge in [-0.2, -0.15) is 8.93 Å². The first kappa shape index (κ1) is 20.5. The van der Waals surface area contributed by atoms with Crippen LogP contribution >= 0.6 is 0 Å². The van der Waals surface area contributed by atoms with Gasteiger partial charge < -0.3 is 4.18 Å². The van der Waals surface area contributed by atoms with Gasteiger partial charge in [-0.1, -0.05) is 46.8 Å². The van der Waals surface area contributed by atoms with Crippen molar-refractivity contribution < 1.29 is 8.39 Å². The third kappa shape index (κ3) is 4.28. The lowest BCUT2D eigenvalue weighted by Crippen LogP contribution is -2.32. The van der Waals surface area contributed by atoms with Crippen LogP contribution in [0.4, 0.5) is 0 Å². The molecule has 1 aromatic carbocycles. The van der Waals surface area contributed by atoms with Crippen LogP contribution in [-0.4, -0.2) is 24.0 Å². The monoisotopic (exact) mass is 403 g/mol. The minimum atomic E-state index is -1.72. The van der Waals surface area contributed by atoms with Gasteiger partial charge in [-0.05, 0) is 37.0 Å². The highest BCUT2D eigenvalue weighted by Gasteiger charge is 2.27. The molecule has 2 aromatic heterocycles. The number of hydrogen-bond acceptors (Lipinski definition) is 4. The first-order chi connectivity index (χ1) is 13.1. The summed E-state index contributed by atoms with van der Waals surface area (Å²) in [7, 11) is 0. The zero-order valence-electron chi connectivity index (χ0n) is 17.5. The summed E-state index contributed by atoms with van der Waals surface area (Å²) in [5.74, 6) is 1.41. The van der Waals surface area contributed by atoms with E-state index < -0.39 is 11.3 Å². The van der Waals surface area contributed by atoms with Crippen molar-refractivity contribution in [2.45, 2.75) is 59.9 Å². The molecule has 0 aliphatic heterocycles. The number of fused-ring (bicyclic) bond motifs is 1. The van der Waals surface area contributed by atoms with Gasteiger partial charge in [0.2, 0.25) is 0 Å². The molecule has 2 atom stereocenters. The second-order valence-electron chi connectivity index (χ2n) is 8.60. The second-order valence-corrected chi connectivity index (χ2v) is 9.47. The van der Waals surface area contributed by atoms with E-state index in [0.29, 0.717) is 11.6 Å². The highest BCUT2D eigenvalue weighted by Crippen LogP contribution is 2.26. The largest absolute Gasteiger partial charge is 0.389 e. The maximum atomic E-state index is 12.7. The van der Waals surface area contributed by atoms with Crippen molar-refractivity contribution in [2.75, 3.05) is 0 Å². The number of aromatic amines is 1. The van der Waals surface area contributed by atoms with E-state index in [1.807, 2.05) is 56.5 Å². The highest BCUT2D eigenvalue weighted by molar-refractivity contribution is 7.78. The SMILES string of the molecule is Cc1ccc(C)c(OS(=O)NC(c2nnc3cc(C(C)(C)C)[nH]n23)C(C)C)c1. The summed E-state index contributed by atoms with van der Waals surface area (Å²) >= 11 is -1.72. The van der Waals surface area contributed by atoms with Crippen LogP contribution in [0.1, 0.15) is 63.3 Å². The molecule has 152 valence electrons. The molecule has 0 amide bonds. The van der Waals surface area contributed by atoms with E-state index in [1.165, 1.54) is 0 Å². The molecular formula is C20H29N5O2S. The molecule has 0 saturated heterocycles. The Morgan fingerprint density at radius 3 is 2.54 bits per heavy atom. The third-order valence-electron chi connectivity index (χ3n) is 4.70. The highest BCUT2D eigenvalue weighted by atomic mass is 32.2. The topological polar surface area (TPSA) is 84.3 Å². The summed E-state index contributed by atoms with van der Waals surface area (Å²) in [4.78, 5) is 0. The van der Waals surface area contributed by atoms with Crippen LogP contribution in [0.25, 0.3) is 5.65 Å². The molecule has 3 rings (SSSR count). The van der Waals surface area contributed by atoms with Crippen LogP contribution < -0.4 is 8.91 Å². The van der Waals surface area contributed by atoms with Crippen LogP contribution in [0, 0.1) is 19.8 Å². The van der Waals surface area contributed by atoms with Crippen molar-refractivity contribution in [1.82, 2.24) is 24.5 Å². The van der Waals surface area contributed by atoms with Gasteiger partial charge in [0.1, 0.15) is 5.75 Å². The second kappa shape index (κ2) is 7.67. The van der Waals surface area contributed by atoms with E-state index in [2.05, 4.69) is 40.8 Å². The van der Waals surface area contributed by atoms with Gasteiger partial charge in [-0.3, -0.25) is 5.10 Å². The molecule has 3 aromatic rings. The molecule has 8 heteroatoms. The van der Waals surface area contributed by atoms with Gasteiger partial charge >= 0.3 is 0 Å². The Labute approximate surface area is 168 Å². The van der Waals surface area contributed by atoms with Crippen molar-refractivity contribution in [2.24, 2.45) is 5.92 Å². The van der Waals surface area contributed by atoms with E-state index in [4.69, 9.17) is 4.18 Å². The van der Waals surface area contributed by atoms with Crippen molar-refractivity contribution in [3.63, 3.8) is 0 Å². The number of nitrogens with one attached hydrogen (secondary N) is 2. The average molecular weight is 404 g/mol. The molecular weight excluding hydrogens is 374 g/mol. The Hall–Kier alpha value is -2.19. The summed E-state index contributed by atoms with van der Waals surface area (Å²) < 4.78 is 23.3. The van der Waals surface area contributed by atoms with E-state index in [9.17, 15) is 4.21 Å². The van der Waals surface area contributed by atoms with E-state index >= 15 is 0 Å². The quantitative estimate of drug-likeness (QED) is 0.653. The van der Waals surface area contributed by atoms with Crippen LogP contribution in [0.15, 0.2) is 24.3 Å². The lowest BCUT2D eigenvalue weighted by Gasteiger charge is -2.20. The van der Waals surface area contributed by atoms with Gasteiger partial charge in [-0.15, -0.1) is 10.2 Å². The minimum Gasteiger partial charge on any atom is -0.389 e. The van der Waals surface area contributed by atoms with Crippen LogP contribution in [-0.2, 0) is 16.7 Å². The number of aromatic nitrogens is 4. The van der Waals surface area contributed by atoms with E-state index in [-0.39, 0.29) is 17.4 Å². The number of hydrogen-bond donors (Lipinski definition) is 2. The molecule has 0 saturated carbocycles. The lowest BCUT2D eigenvalue weighted by atomic mass is 9.93. The Balaban J connectivity index is 1.86. The molecule has 0 aliphatic carbocycles. The van der Waals surface area contributed by atoms with Gasteiger partial charge in [0.05, 0.1) is 6.04 Å². The van der Waals surface area contributed by atoms with Crippen LogP contribution in [0.3, 0.4) is 0 Å². The Morgan fingerprint density at radius 1 is 1.18 bits per heavy atom. The first-order valence-electron chi connectivity index (χ1n) is 9.44. The minimum absolute atomic E-state index is 0.0344. The number of nitrogens with zero attached hydrogens (tertiary/aromatic N) is 3. The number of benzene rings is 1. The molecule has 0 fully saturated rings. The Bertz CT molecular complexity index is 1000. The van der Waals surface area contributed by atoms with Crippen molar-refractivity contribution in [3.05, 3.63) is 46.9 Å². The van der Waals surface area contributed by atoms with Crippen molar-refractivity contribution in [1.29, 1.82) is 0 Å². The van der Waals surface area contributed by atoms with Gasteiger partial charge in [0.15, 0.2) is 11.5 Å². The summed E-state index contributed by atoms with van der Waals surface area (Å²) in [6.45, 7) is 14.4. The number of aryl methyl sites for hydroxylation is 2. The molecule has 28 heavy (non-hydrogen) atoms. The maximum absolute atomic E-state index is 12.7. The predicted octanol–water partition coefficient (Wildman–Crippen LogP) is 3.92. The van der Waals surface area contributed by atoms with Crippen molar-refractivity contribution in [3.8, 4) is 5.75 Å². The normalized spacial score (nSPS) is 14.6. The fourth-order valence-corrected chi connectivity index (χ4v) is 3.85. The maximum Gasteiger partial charge on any atom is 0.288 e. The van der Waals surface area contributed by atoms with Crippen LogP contribution in [0.2, 0.25) is 0 Å². The standard InChI is InChI=1S/C20H29N5O2S/c1-12(2)18(24-28(26)27-15-10-13(3)8-9-14(15)4)19-22-21-17-11-16(20(5,6)7)23-25(17)19/h8-12,18,23-24H,1-7H3. The molecule has 7 nitrogen and oxygen atoms in total. The van der Waals surface area contributed by atoms with Gasteiger partial charge in [0.25, 0.3) is 11.3 Å². The summed E-state index contributed by atoms with van der Waals surface area (Å²) in [5, 5.41) is 12.0.